The van der Waals surface area contributed by atoms with E-state index in [0.717, 1.165) is 5.56 Å². The monoisotopic (exact) mass is 530 g/mol. The van der Waals surface area contributed by atoms with Crippen molar-refractivity contribution in [3.05, 3.63) is 100 Å². The summed E-state index contributed by atoms with van der Waals surface area (Å²) in [5.41, 5.74) is 2.37. The van der Waals surface area contributed by atoms with Gasteiger partial charge in [-0.3, -0.25) is 5.41 Å². The average Bonchev–Trinajstić information content (AvgIpc) is 2.92. The van der Waals surface area contributed by atoms with E-state index >= 15 is 0 Å². The van der Waals surface area contributed by atoms with Crippen LogP contribution in [0.2, 0.25) is 0 Å². The summed E-state index contributed by atoms with van der Waals surface area (Å²) in [6, 6.07) is 18.5. The highest BCUT2D eigenvalue weighted by atomic mass is 16.4. The van der Waals surface area contributed by atoms with Gasteiger partial charge < -0.3 is 20.4 Å². The van der Waals surface area contributed by atoms with Crippen molar-refractivity contribution in [1.29, 1.82) is 5.41 Å². The molecule has 6 aromatic carbocycles. The van der Waals surface area contributed by atoms with Gasteiger partial charge in [0.2, 0.25) is 11.8 Å². The number of carboxylic acids is 2. The fraction of sp³-hybridized carbons (Fsp3) is 0.0625. The van der Waals surface area contributed by atoms with Gasteiger partial charge in [0.1, 0.15) is 0 Å². The minimum atomic E-state index is -1.24. The van der Waals surface area contributed by atoms with Crippen molar-refractivity contribution >= 4 is 72.5 Å². The summed E-state index contributed by atoms with van der Waals surface area (Å²) in [6.45, 7) is 3.68. The fourth-order valence-corrected chi connectivity index (χ4v) is 5.79. The number of aryl methyl sites for hydroxylation is 2. The smallest absolute Gasteiger partial charge is 0.336 e. The van der Waals surface area contributed by atoms with E-state index < -0.39 is 17.8 Å². The SMILES string of the molecule is Cc1ccccc1N=C(O)c1ccc2c3ccc(C(=O)O)c4c(C(=O)O)ccc(c5c(C)cc(C(=N)O)c1c25)c43. The molecule has 0 aliphatic carbocycles. The lowest BCUT2D eigenvalue weighted by atomic mass is 9.83. The van der Waals surface area contributed by atoms with Crippen molar-refractivity contribution in [3.63, 3.8) is 0 Å². The van der Waals surface area contributed by atoms with Crippen molar-refractivity contribution in [2.75, 3.05) is 0 Å². The molecule has 0 saturated heterocycles. The number of carboxylic acid groups (broad SMARTS) is 2. The molecule has 0 amide bonds. The maximum absolute atomic E-state index is 12.1. The summed E-state index contributed by atoms with van der Waals surface area (Å²) in [5, 5.41) is 53.9. The first-order chi connectivity index (χ1) is 19.1. The molecule has 8 nitrogen and oxygen atoms in total. The Morgan fingerprint density at radius 3 is 1.75 bits per heavy atom. The van der Waals surface area contributed by atoms with Gasteiger partial charge in [0.15, 0.2) is 0 Å². The Balaban J connectivity index is 1.86. The summed E-state index contributed by atoms with van der Waals surface area (Å²) in [4.78, 5) is 28.7. The first-order valence-electron chi connectivity index (χ1n) is 12.4. The van der Waals surface area contributed by atoms with Crippen LogP contribution in [-0.2, 0) is 0 Å². The number of hydrogen-bond acceptors (Lipinski definition) is 4. The van der Waals surface area contributed by atoms with E-state index in [4.69, 9.17) is 5.41 Å². The van der Waals surface area contributed by atoms with Crippen LogP contribution < -0.4 is 0 Å². The zero-order chi connectivity index (χ0) is 28.5. The number of rotatable bonds is 5. The Labute approximate surface area is 226 Å². The van der Waals surface area contributed by atoms with Crippen molar-refractivity contribution in [2.24, 2.45) is 4.99 Å². The number of hydrogen-bond donors (Lipinski definition) is 5. The summed E-state index contributed by atoms with van der Waals surface area (Å²) in [6.07, 6.45) is 0. The predicted molar refractivity (Wildman–Crippen MR) is 156 cm³/mol. The third-order valence-corrected chi connectivity index (χ3v) is 7.50. The maximum atomic E-state index is 12.1. The lowest BCUT2D eigenvalue weighted by Crippen LogP contribution is -2.08. The second-order valence-corrected chi connectivity index (χ2v) is 9.78. The molecule has 0 heterocycles. The van der Waals surface area contributed by atoms with E-state index in [1.54, 1.807) is 36.4 Å². The lowest BCUT2D eigenvalue weighted by molar-refractivity contribution is 0.0695. The number of benzene rings is 6. The highest BCUT2D eigenvalue weighted by Gasteiger charge is 2.25. The minimum absolute atomic E-state index is 0.122. The second-order valence-electron chi connectivity index (χ2n) is 9.78. The molecule has 0 fully saturated rings. The molecule has 0 unspecified atom stereocenters. The Bertz CT molecular complexity index is 2110. The Hall–Kier alpha value is -5.50. The van der Waals surface area contributed by atoms with Gasteiger partial charge in [-0.1, -0.05) is 36.4 Å². The molecular weight excluding hydrogens is 508 g/mol. The molecule has 0 aliphatic rings. The Kier molecular flexibility index (Phi) is 5.44. The van der Waals surface area contributed by atoms with Crippen LogP contribution in [0.25, 0.3) is 43.1 Å². The van der Waals surface area contributed by atoms with Gasteiger partial charge in [0.25, 0.3) is 0 Å². The van der Waals surface area contributed by atoms with Crippen LogP contribution in [-0.4, -0.2) is 44.2 Å². The predicted octanol–water partition coefficient (Wildman–Crippen LogP) is 7.27. The molecule has 196 valence electrons. The zero-order valence-electron chi connectivity index (χ0n) is 21.4. The molecule has 0 aliphatic heterocycles. The Morgan fingerprint density at radius 2 is 1.15 bits per heavy atom. The number of aliphatic imine (C=N–C) groups is 1. The molecule has 40 heavy (non-hydrogen) atoms. The number of nitrogens with one attached hydrogen (secondary N) is 1. The molecule has 6 rings (SSSR count). The van der Waals surface area contributed by atoms with Gasteiger partial charge in [-0.05, 0) is 87.6 Å². The third kappa shape index (κ3) is 3.46. The molecule has 0 bridgehead atoms. The van der Waals surface area contributed by atoms with E-state index in [9.17, 15) is 30.0 Å². The number of aromatic carboxylic acids is 2. The van der Waals surface area contributed by atoms with Crippen molar-refractivity contribution in [1.82, 2.24) is 0 Å². The minimum Gasteiger partial charge on any atom is -0.493 e. The standard InChI is InChI=1S/C32H22N2O6/c1-14-5-3-4-6-23(14)34-30(36)19-10-7-17-16-8-11-20(31(37)38)27-21(32(39)40)12-9-18(25(16)27)24-15(2)13-22(29(33)35)26(19)28(17)24/h3-13H,1-2H3,(H2,33,35)(H,34,36)(H,37,38)(H,39,40). The topological polar surface area (TPSA) is 151 Å². The van der Waals surface area contributed by atoms with Crippen LogP contribution in [0.5, 0.6) is 0 Å². The van der Waals surface area contributed by atoms with E-state index in [0.29, 0.717) is 54.5 Å². The number of aliphatic hydroxyl groups excluding tert-OH is 2. The largest absolute Gasteiger partial charge is 0.493 e. The molecule has 0 saturated carbocycles. The molecule has 6 aromatic rings. The van der Waals surface area contributed by atoms with Crippen molar-refractivity contribution in [3.8, 4) is 0 Å². The number of para-hydroxylation sites is 1. The average molecular weight is 531 g/mol. The van der Waals surface area contributed by atoms with E-state index in [2.05, 4.69) is 4.99 Å². The summed E-state index contributed by atoms with van der Waals surface area (Å²) >= 11 is 0. The summed E-state index contributed by atoms with van der Waals surface area (Å²) in [7, 11) is 0. The van der Waals surface area contributed by atoms with E-state index in [1.807, 2.05) is 32.0 Å². The fourth-order valence-electron chi connectivity index (χ4n) is 5.79. The third-order valence-electron chi connectivity index (χ3n) is 7.50. The van der Waals surface area contributed by atoms with Gasteiger partial charge >= 0.3 is 11.9 Å². The van der Waals surface area contributed by atoms with Gasteiger partial charge in [0, 0.05) is 21.9 Å². The molecule has 0 radical (unpaired) electrons. The molecule has 0 aromatic heterocycles. The zero-order valence-corrected chi connectivity index (χ0v) is 21.4. The van der Waals surface area contributed by atoms with Gasteiger partial charge in [0.05, 0.1) is 16.8 Å². The number of nitrogens with zero attached hydrogens (tertiary/aromatic N) is 1. The van der Waals surface area contributed by atoms with Gasteiger partial charge in [-0.15, -0.1) is 0 Å². The van der Waals surface area contributed by atoms with Crippen LogP contribution >= 0.6 is 0 Å². The first kappa shape index (κ1) is 24.8. The van der Waals surface area contributed by atoms with Gasteiger partial charge in [-0.2, -0.15) is 0 Å². The molecule has 0 spiro atoms. The molecule has 8 heteroatoms. The molecule has 5 N–H and O–H groups in total. The van der Waals surface area contributed by atoms with Crippen LogP contribution in [0.1, 0.15) is 43.0 Å². The summed E-state index contributed by atoms with van der Waals surface area (Å²) < 4.78 is 0. The van der Waals surface area contributed by atoms with Gasteiger partial charge in [-0.25, -0.2) is 14.6 Å². The maximum Gasteiger partial charge on any atom is 0.336 e. The number of carbonyl (C=O) groups is 2. The quantitative estimate of drug-likeness (QED) is 0.0684. The molecular formula is C32H22N2O6. The van der Waals surface area contributed by atoms with Crippen LogP contribution in [0, 0.1) is 19.3 Å². The highest BCUT2D eigenvalue weighted by Crippen LogP contribution is 2.45. The lowest BCUT2D eigenvalue weighted by Gasteiger charge is -2.21. The van der Waals surface area contributed by atoms with E-state index in [-0.39, 0.29) is 28.0 Å². The molecule has 0 atom stereocenters. The highest BCUT2D eigenvalue weighted by molar-refractivity contribution is 6.38. The second kappa shape index (κ2) is 8.78. The van der Waals surface area contributed by atoms with Crippen molar-refractivity contribution in [2.45, 2.75) is 13.8 Å². The Morgan fingerprint density at radius 1 is 0.600 bits per heavy atom. The first-order valence-corrected chi connectivity index (χ1v) is 12.4. The van der Waals surface area contributed by atoms with Crippen LogP contribution in [0.4, 0.5) is 5.69 Å². The normalized spacial score (nSPS) is 12.1. The van der Waals surface area contributed by atoms with Crippen LogP contribution in [0.15, 0.2) is 71.7 Å². The van der Waals surface area contributed by atoms with E-state index in [1.165, 1.54) is 12.1 Å². The van der Waals surface area contributed by atoms with Crippen LogP contribution in [0.3, 0.4) is 0 Å². The summed E-state index contributed by atoms with van der Waals surface area (Å²) in [5.74, 6) is -3.46. The van der Waals surface area contributed by atoms with Crippen molar-refractivity contribution < 1.29 is 30.0 Å². The number of fused-ring (bicyclic) bond motifs is 2. The number of aliphatic hydroxyl groups is 2.